The van der Waals surface area contributed by atoms with Gasteiger partial charge in [0, 0.05) is 42.7 Å². The molecule has 34 heavy (non-hydrogen) atoms. The number of hydrogen-bond acceptors (Lipinski definition) is 5. The zero-order valence-electron chi connectivity index (χ0n) is 20.8. The fourth-order valence-electron chi connectivity index (χ4n) is 6.97. The Bertz CT molecular complexity index is 1140. The van der Waals surface area contributed by atoms with Crippen LogP contribution < -0.4 is 4.74 Å². The number of aromatic nitrogens is 1. The van der Waals surface area contributed by atoms with Crippen LogP contribution in [0.15, 0.2) is 18.2 Å². The number of sulfonamides is 1. The maximum Gasteiger partial charge on any atom is 0.211 e. The minimum atomic E-state index is -3.49. The van der Waals surface area contributed by atoms with Gasteiger partial charge in [-0.3, -0.25) is 0 Å². The van der Waals surface area contributed by atoms with E-state index in [1.807, 2.05) is 19.2 Å². The van der Waals surface area contributed by atoms with Crippen molar-refractivity contribution in [3.63, 3.8) is 0 Å². The van der Waals surface area contributed by atoms with Crippen molar-refractivity contribution >= 4 is 20.9 Å². The van der Waals surface area contributed by atoms with Crippen molar-refractivity contribution in [3.8, 4) is 5.75 Å². The Morgan fingerprint density at radius 2 is 1.85 bits per heavy atom. The van der Waals surface area contributed by atoms with Crippen LogP contribution in [-0.4, -0.2) is 73.4 Å². The third kappa shape index (κ3) is 4.06. The fourth-order valence-corrected chi connectivity index (χ4v) is 8.08. The van der Waals surface area contributed by atoms with Gasteiger partial charge in [-0.2, -0.15) is 4.31 Å². The molecular weight excluding hydrogens is 450 g/mol. The van der Waals surface area contributed by atoms with Gasteiger partial charge in [0.25, 0.3) is 0 Å². The third-order valence-corrected chi connectivity index (χ3v) is 9.99. The molecule has 1 saturated carbocycles. The summed E-state index contributed by atoms with van der Waals surface area (Å²) in [6.45, 7) is 3.36. The molecule has 1 aliphatic carbocycles. The molecule has 1 saturated heterocycles. The summed E-state index contributed by atoms with van der Waals surface area (Å²) in [5.74, 6) is 1.59. The molecule has 1 atom stereocenters. The minimum absolute atomic E-state index is 0.231. The quantitative estimate of drug-likeness (QED) is 0.697. The Labute approximate surface area is 203 Å². The number of ether oxygens (including phenoxy) is 1. The van der Waals surface area contributed by atoms with Crippen LogP contribution in [-0.2, 0) is 22.5 Å². The second-order valence-corrected chi connectivity index (χ2v) is 12.7. The molecule has 7 nitrogen and oxygen atoms in total. The van der Waals surface area contributed by atoms with E-state index < -0.39 is 16.1 Å². The Hall–Kier alpha value is -1.61. The summed E-state index contributed by atoms with van der Waals surface area (Å²) in [6, 6.07) is 5.57. The standard InChI is InChI=1S/C26H39N3O4S/c1-27-22-15-20(33-2)9-10-21(22)24-25(27)23(17-30)29(34(3,31)32)18-26(24)11-13-28(14-12-26)16-19-7-5-4-6-8-19/h9-10,15,19,23,30H,4-8,11-14,16-18H2,1-3H3/t23-/m0/s1. The van der Waals surface area contributed by atoms with Crippen molar-refractivity contribution in [2.45, 2.75) is 56.4 Å². The molecule has 3 aliphatic rings. The molecule has 1 aromatic heterocycles. The van der Waals surface area contributed by atoms with Crippen LogP contribution in [0.5, 0.6) is 5.75 Å². The lowest BCUT2D eigenvalue weighted by atomic mass is 9.68. The summed E-state index contributed by atoms with van der Waals surface area (Å²) in [5.41, 5.74) is 2.95. The summed E-state index contributed by atoms with van der Waals surface area (Å²) in [7, 11) is 0.162. The van der Waals surface area contributed by atoms with Gasteiger partial charge < -0.3 is 19.3 Å². The molecule has 5 rings (SSSR count). The van der Waals surface area contributed by atoms with Gasteiger partial charge in [0.2, 0.25) is 10.0 Å². The van der Waals surface area contributed by atoms with Crippen molar-refractivity contribution in [1.29, 1.82) is 0 Å². The summed E-state index contributed by atoms with van der Waals surface area (Å²) >= 11 is 0. The summed E-state index contributed by atoms with van der Waals surface area (Å²) < 4.78 is 35.0. The first-order chi connectivity index (χ1) is 16.3. The molecule has 2 fully saturated rings. The van der Waals surface area contributed by atoms with Gasteiger partial charge in [0.05, 0.1) is 31.5 Å². The maximum atomic E-state index is 12.9. The highest BCUT2D eigenvalue weighted by Crippen LogP contribution is 2.50. The van der Waals surface area contributed by atoms with Crippen LogP contribution in [0.3, 0.4) is 0 Å². The first kappa shape index (κ1) is 24.1. The molecule has 2 aliphatic heterocycles. The maximum absolute atomic E-state index is 12.9. The number of methoxy groups -OCH3 is 1. The molecule has 0 amide bonds. The van der Waals surface area contributed by atoms with Gasteiger partial charge >= 0.3 is 0 Å². The summed E-state index contributed by atoms with van der Waals surface area (Å²) in [5, 5.41) is 11.5. The molecule has 0 radical (unpaired) electrons. The lowest BCUT2D eigenvalue weighted by molar-refractivity contribution is 0.0841. The number of aryl methyl sites for hydroxylation is 1. The number of likely N-dealkylation sites (tertiary alicyclic amines) is 1. The van der Waals surface area contributed by atoms with Gasteiger partial charge in [-0.05, 0) is 62.4 Å². The van der Waals surface area contributed by atoms with Crippen molar-refractivity contribution in [3.05, 3.63) is 29.5 Å². The van der Waals surface area contributed by atoms with Crippen molar-refractivity contribution < 1.29 is 18.3 Å². The largest absolute Gasteiger partial charge is 0.497 e. The van der Waals surface area contributed by atoms with Crippen molar-refractivity contribution in [1.82, 2.24) is 13.8 Å². The van der Waals surface area contributed by atoms with Crippen molar-refractivity contribution in [2.75, 3.05) is 46.2 Å². The Morgan fingerprint density at radius 1 is 1.15 bits per heavy atom. The first-order valence-electron chi connectivity index (χ1n) is 12.7. The van der Waals surface area contributed by atoms with Gasteiger partial charge in [-0.15, -0.1) is 0 Å². The van der Waals surface area contributed by atoms with E-state index in [0.717, 1.165) is 54.2 Å². The van der Waals surface area contributed by atoms with E-state index in [1.165, 1.54) is 50.5 Å². The number of rotatable bonds is 5. The number of aliphatic hydroxyl groups is 1. The zero-order chi connectivity index (χ0) is 24.1. The van der Waals surface area contributed by atoms with Crippen LogP contribution in [0.1, 0.15) is 62.2 Å². The van der Waals surface area contributed by atoms with E-state index in [4.69, 9.17) is 4.74 Å². The summed E-state index contributed by atoms with van der Waals surface area (Å²) in [6.07, 6.45) is 9.92. The normalized spacial score (nSPS) is 24.5. The SMILES string of the molecule is COc1ccc2c3c(n(C)c2c1)[C@H](CO)N(S(C)(=O)=O)CC31CCN(CC2CCCCC2)CC1. The van der Waals surface area contributed by atoms with E-state index in [-0.39, 0.29) is 12.0 Å². The second-order valence-electron chi connectivity index (χ2n) is 10.8. The van der Waals surface area contributed by atoms with Crippen LogP contribution in [0.4, 0.5) is 0 Å². The molecule has 188 valence electrons. The molecule has 2 aromatic rings. The highest BCUT2D eigenvalue weighted by Gasteiger charge is 2.50. The topological polar surface area (TPSA) is 75.0 Å². The van der Waals surface area contributed by atoms with E-state index in [1.54, 1.807) is 11.4 Å². The van der Waals surface area contributed by atoms with Gasteiger partial charge in [0.15, 0.2) is 0 Å². The highest BCUT2D eigenvalue weighted by atomic mass is 32.2. The molecule has 0 unspecified atom stereocenters. The summed E-state index contributed by atoms with van der Waals surface area (Å²) in [4.78, 5) is 2.61. The second kappa shape index (κ2) is 9.12. The van der Waals surface area contributed by atoms with Crippen LogP contribution in [0.25, 0.3) is 10.9 Å². The first-order valence-corrected chi connectivity index (χ1v) is 14.6. The molecule has 1 spiro atoms. The molecular formula is C26H39N3O4S. The Kier molecular flexibility index (Phi) is 6.46. The van der Waals surface area contributed by atoms with Gasteiger partial charge in [-0.25, -0.2) is 8.42 Å². The number of fused-ring (bicyclic) bond motifs is 4. The van der Waals surface area contributed by atoms with Crippen LogP contribution in [0, 0.1) is 5.92 Å². The van der Waals surface area contributed by atoms with E-state index in [2.05, 4.69) is 15.5 Å². The molecule has 1 aromatic carbocycles. The number of piperidine rings is 1. The highest BCUT2D eigenvalue weighted by molar-refractivity contribution is 7.88. The van der Waals surface area contributed by atoms with E-state index in [9.17, 15) is 13.5 Å². The lowest BCUT2D eigenvalue weighted by Crippen LogP contribution is -2.55. The van der Waals surface area contributed by atoms with Gasteiger partial charge in [0.1, 0.15) is 5.75 Å². The number of nitrogens with zero attached hydrogens (tertiary/aromatic N) is 3. The average Bonchev–Trinajstić information content (AvgIpc) is 3.13. The molecule has 0 bridgehead atoms. The van der Waals surface area contributed by atoms with Gasteiger partial charge in [-0.1, -0.05) is 19.3 Å². The average molecular weight is 490 g/mol. The Balaban J connectivity index is 1.56. The molecule has 1 N–H and O–H groups in total. The smallest absolute Gasteiger partial charge is 0.211 e. The molecule has 3 heterocycles. The number of benzene rings is 1. The lowest BCUT2D eigenvalue weighted by Gasteiger charge is -2.50. The van der Waals surface area contributed by atoms with Crippen LogP contribution in [0.2, 0.25) is 0 Å². The molecule has 8 heteroatoms. The monoisotopic (exact) mass is 489 g/mol. The Morgan fingerprint density at radius 3 is 2.47 bits per heavy atom. The van der Waals surface area contributed by atoms with E-state index in [0.29, 0.717) is 6.54 Å². The third-order valence-electron chi connectivity index (χ3n) is 8.76. The predicted octanol–water partition coefficient (Wildman–Crippen LogP) is 3.41. The fraction of sp³-hybridized carbons (Fsp3) is 0.692. The van der Waals surface area contributed by atoms with Crippen LogP contribution >= 0.6 is 0 Å². The predicted molar refractivity (Wildman–Crippen MR) is 135 cm³/mol. The van der Waals surface area contributed by atoms with Crippen molar-refractivity contribution in [2.24, 2.45) is 13.0 Å². The zero-order valence-corrected chi connectivity index (χ0v) is 21.6. The number of hydrogen-bond donors (Lipinski definition) is 1. The number of aliphatic hydroxyl groups excluding tert-OH is 1. The minimum Gasteiger partial charge on any atom is -0.497 e. The van der Waals surface area contributed by atoms with E-state index >= 15 is 0 Å².